The standard InChI is InChI=1S/C18H28ClN5O/c1-4-20-17(25)13-22-18(21-5-2)24-10-8-23(9-11-24)16-12-15(19)7-6-14(16)3/h6-7,12H,4-5,8-11,13H2,1-3H3,(H,20,25)(H,21,22). The van der Waals surface area contributed by atoms with Crippen LogP contribution in [0.15, 0.2) is 23.2 Å². The molecule has 0 radical (unpaired) electrons. The molecule has 1 heterocycles. The lowest BCUT2D eigenvalue weighted by molar-refractivity contribution is -0.119. The first-order valence-electron chi connectivity index (χ1n) is 8.86. The molecule has 1 aromatic rings. The third-order valence-corrected chi connectivity index (χ3v) is 4.41. The molecule has 1 aromatic carbocycles. The minimum absolute atomic E-state index is 0.0499. The number of hydrogen-bond acceptors (Lipinski definition) is 3. The van der Waals surface area contributed by atoms with Crippen molar-refractivity contribution in [3.8, 4) is 0 Å². The summed E-state index contributed by atoms with van der Waals surface area (Å²) in [5.41, 5.74) is 2.42. The predicted molar refractivity (Wildman–Crippen MR) is 105 cm³/mol. The monoisotopic (exact) mass is 365 g/mol. The van der Waals surface area contributed by atoms with Crippen LogP contribution in [0.2, 0.25) is 5.02 Å². The van der Waals surface area contributed by atoms with Gasteiger partial charge in [-0.3, -0.25) is 4.79 Å². The van der Waals surface area contributed by atoms with E-state index in [-0.39, 0.29) is 12.5 Å². The van der Waals surface area contributed by atoms with Crippen molar-refractivity contribution in [2.75, 3.05) is 50.7 Å². The van der Waals surface area contributed by atoms with Gasteiger partial charge in [-0.1, -0.05) is 17.7 Å². The molecule has 6 nitrogen and oxygen atoms in total. The zero-order chi connectivity index (χ0) is 18.2. The van der Waals surface area contributed by atoms with Gasteiger partial charge in [0.15, 0.2) is 5.96 Å². The first-order chi connectivity index (χ1) is 12.0. The molecule has 0 aromatic heterocycles. The molecule has 1 saturated heterocycles. The van der Waals surface area contributed by atoms with Crippen LogP contribution in [-0.4, -0.2) is 62.6 Å². The van der Waals surface area contributed by atoms with Crippen LogP contribution in [0.25, 0.3) is 0 Å². The highest BCUT2D eigenvalue weighted by molar-refractivity contribution is 6.30. The van der Waals surface area contributed by atoms with E-state index in [0.717, 1.165) is 43.7 Å². The number of hydrogen-bond donors (Lipinski definition) is 2. The van der Waals surface area contributed by atoms with Crippen molar-refractivity contribution >= 4 is 29.2 Å². The van der Waals surface area contributed by atoms with Crippen LogP contribution in [0.3, 0.4) is 0 Å². The Hall–Kier alpha value is -1.95. The third kappa shape index (κ3) is 5.53. The second kappa shape index (κ2) is 9.51. The van der Waals surface area contributed by atoms with Gasteiger partial charge in [0.05, 0.1) is 0 Å². The van der Waals surface area contributed by atoms with Gasteiger partial charge >= 0.3 is 0 Å². The van der Waals surface area contributed by atoms with Crippen LogP contribution in [-0.2, 0) is 4.79 Å². The Labute approximate surface area is 155 Å². The van der Waals surface area contributed by atoms with Crippen LogP contribution in [0.4, 0.5) is 5.69 Å². The molecule has 0 unspecified atom stereocenters. The van der Waals surface area contributed by atoms with Crippen molar-refractivity contribution in [2.24, 2.45) is 4.99 Å². The molecule has 0 atom stereocenters. The van der Waals surface area contributed by atoms with Gasteiger partial charge in [0.1, 0.15) is 6.54 Å². The number of carbonyl (C=O) groups excluding carboxylic acids is 1. The normalized spacial score (nSPS) is 15.3. The van der Waals surface area contributed by atoms with Crippen molar-refractivity contribution < 1.29 is 4.79 Å². The van der Waals surface area contributed by atoms with Crippen LogP contribution >= 0.6 is 11.6 Å². The van der Waals surface area contributed by atoms with Gasteiger partial charge in [0.25, 0.3) is 0 Å². The number of likely N-dealkylation sites (N-methyl/N-ethyl adjacent to an activating group) is 1. The molecule has 138 valence electrons. The number of anilines is 1. The smallest absolute Gasteiger partial charge is 0.241 e. The summed E-state index contributed by atoms with van der Waals surface area (Å²) in [5, 5.41) is 6.82. The van der Waals surface area contributed by atoms with E-state index >= 15 is 0 Å². The molecule has 2 rings (SSSR count). The van der Waals surface area contributed by atoms with Crippen molar-refractivity contribution in [3.05, 3.63) is 28.8 Å². The Morgan fingerprint density at radius 1 is 1.16 bits per heavy atom. The number of halogens is 1. The summed E-state index contributed by atoms with van der Waals surface area (Å²) in [6, 6.07) is 6.01. The van der Waals surface area contributed by atoms with Crippen LogP contribution in [0.5, 0.6) is 0 Å². The number of piperazine rings is 1. The zero-order valence-electron chi connectivity index (χ0n) is 15.3. The average molecular weight is 366 g/mol. The number of benzene rings is 1. The van der Waals surface area contributed by atoms with E-state index in [9.17, 15) is 4.79 Å². The highest BCUT2D eigenvalue weighted by Crippen LogP contribution is 2.25. The second-order valence-corrected chi connectivity index (χ2v) is 6.47. The van der Waals surface area contributed by atoms with Crippen molar-refractivity contribution in [1.82, 2.24) is 15.5 Å². The maximum absolute atomic E-state index is 11.7. The lowest BCUT2D eigenvalue weighted by atomic mass is 10.1. The number of amides is 1. The van der Waals surface area contributed by atoms with Crippen molar-refractivity contribution in [1.29, 1.82) is 0 Å². The van der Waals surface area contributed by atoms with Gasteiger partial charge in [-0.15, -0.1) is 0 Å². The topological polar surface area (TPSA) is 60.0 Å². The first kappa shape index (κ1) is 19.4. The lowest BCUT2D eigenvalue weighted by Crippen LogP contribution is -2.53. The Bertz CT molecular complexity index is 611. The van der Waals surface area contributed by atoms with Gasteiger partial charge in [-0.2, -0.15) is 0 Å². The molecule has 0 bridgehead atoms. The summed E-state index contributed by atoms with van der Waals surface area (Å²) >= 11 is 6.15. The van der Waals surface area contributed by atoms with E-state index in [1.54, 1.807) is 0 Å². The number of nitrogens with one attached hydrogen (secondary N) is 2. The minimum Gasteiger partial charge on any atom is -0.368 e. The molecule has 7 heteroatoms. The number of aliphatic imine (C=N–C) groups is 1. The molecule has 0 saturated carbocycles. The molecular formula is C18H28ClN5O. The fourth-order valence-corrected chi connectivity index (χ4v) is 3.07. The summed E-state index contributed by atoms with van der Waals surface area (Å²) in [7, 11) is 0. The maximum atomic E-state index is 11.7. The molecule has 1 aliphatic heterocycles. The van der Waals surface area contributed by atoms with Crippen molar-refractivity contribution in [2.45, 2.75) is 20.8 Å². The lowest BCUT2D eigenvalue weighted by Gasteiger charge is -2.38. The van der Waals surface area contributed by atoms with E-state index in [0.29, 0.717) is 6.54 Å². The summed E-state index contributed by atoms with van der Waals surface area (Å²) in [6.45, 7) is 11.1. The summed E-state index contributed by atoms with van der Waals surface area (Å²) < 4.78 is 0. The van der Waals surface area contributed by atoms with E-state index < -0.39 is 0 Å². The third-order valence-electron chi connectivity index (χ3n) is 4.17. The number of rotatable bonds is 5. The second-order valence-electron chi connectivity index (χ2n) is 6.03. The maximum Gasteiger partial charge on any atom is 0.241 e. The molecule has 2 N–H and O–H groups in total. The fourth-order valence-electron chi connectivity index (χ4n) is 2.91. The number of nitrogens with zero attached hydrogens (tertiary/aromatic N) is 3. The minimum atomic E-state index is -0.0499. The van der Waals surface area contributed by atoms with E-state index in [1.807, 2.05) is 26.0 Å². The summed E-state index contributed by atoms with van der Waals surface area (Å²) in [6.07, 6.45) is 0. The molecule has 0 spiro atoms. The first-order valence-corrected chi connectivity index (χ1v) is 9.24. The Kier molecular flexibility index (Phi) is 7.37. The summed E-state index contributed by atoms with van der Waals surface area (Å²) in [5.74, 6) is 0.752. The molecule has 25 heavy (non-hydrogen) atoms. The fraction of sp³-hybridized carbons (Fsp3) is 0.556. The average Bonchev–Trinajstić information content (AvgIpc) is 2.61. The number of guanidine groups is 1. The summed E-state index contributed by atoms with van der Waals surface area (Å²) in [4.78, 5) is 20.7. The highest BCUT2D eigenvalue weighted by Gasteiger charge is 2.21. The molecule has 1 amide bonds. The number of carbonyl (C=O) groups is 1. The van der Waals surface area contributed by atoms with Gasteiger partial charge in [-0.05, 0) is 38.5 Å². The zero-order valence-corrected chi connectivity index (χ0v) is 16.1. The molecule has 0 aliphatic carbocycles. The quantitative estimate of drug-likeness (QED) is 0.617. The van der Waals surface area contributed by atoms with Crippen LogP contribution in [0.1, 0.15) is 19.4 Å². The molecular weight excluding hydrogens is 338 g/mol. The Balaban J connectivity index is 1.99. The van der Waals surface area contributed by atoms with E-state index in [2.05, 4.69) is 38.4 Å². The van der Waals surface area contributed by atoms with Gasteiger partial charge in [0, 0.05) is 50.0 Å². The predicted octanol–water partition coefficient (Wildman–Crippen LogP) is 1.87. The van der Waals surface area contributed by atoms with Crippen LogP contribution in [0, 0.1) is 6.92 Å². The largest absolute Gasteiger partial charge is 0.368 e. The van der Waals surface area contributed by atoms with Crippen LogP contribution < -0.4 is 15.5 Å². The Morgan fingerprint density at radius 2 is 1.84 bits per heavy atom. The SMILES string of the molecule is CCNC(=O)CN=C(NCC)N1CCN(c2cc(Cl)ccc2C)CC1. The van der Waals surface area contributed by atoms with Gasteiger partial charge in [-0.25, -0.2) is 4.99 Å². The van der Waals surface area contributed by atoms with E-state index in [1.165, 1.54) is 11.3 Å². The van der Waals surface area contributed by atoms with Gasteiger partial charge < -0.3 is 20.4 Å². The molecule has 1 aliphatic rings. The van der Waals surface area contributed by atoms with Crippen molar-refractivity contribution in [3.63, 3.8) is 0 Å². The number of aryl methyl sites for hydroxylation is 1. The molecule has 1 fully saturated rings. The highest BCUT2D eigenvalue weighted by atomic mass is 35.5. The van der Waals surface area contributed by atoms with E-state index in [4.69, 9.17) is 11.6 Å². The van der Waals surface area contributed by atoms with Gasteiger partial charge in [0.2, 0.25) is 5.91 Å². The Morgan fingerprint density at radius 3 is 2.48 bits per heavy atom.